The molecule has 2 aliphatic rings. The van der Waals surface area contributed by atoms with Gasteiger partial charge >= 0.3 is 0 Å². The molecule has 2 unspecified atom stereocenters. The molecule has 5 heteroatoms. The summed E-state index contributed by atoms with van der Waals surface area (Å²) in [5.74, 6) is 1.80. The molecule has 25 heavy (non-hydrogen) atoms. The Morgan fingerprint density at radius 2 is 2.00 bits per heavy atom. The molecule has 1 saturated carbocycles. The van der Waals surface area contributed by atoms with Crippen LogP contribution in [0.1, 0.15) is 26.2 Å². The molecule has 0 aromatic heterocycles. The van der Waals surface area contributed by atoms with Crippen molar-refractivity contribution in [3.05, 3.63) is 30.3 Å². The molecule has 1 aromatic rings. The van der Waals surface area contributed by atoms with Crippen molar-refractivity contribution in [2.45, 2.75) is 38.3 Å². The number of benzene rings is 1. The van der Waals surface area contributed by atoms with Crippen molar-refractivity contribution in [3.8, 4) is 0 Å². The third-order valence-corrected chi connectivity index (χ3v) is 5.26. The molecule has 2 atom stereocenters. The Labute approximate surface area is 152 Å². The number of likely N-dealkylation sites (N-methyl/N-ethyl adjacent to an activating group) is 1. The maximum absolute atomic E-state index is 4.89. The van der Waals surface area contributed by atoms with Gasteiger partial charge in [-0.2, -0.15) is 0 Å². The number of hydrogen-bond donors (Lipinski definition) is 2. The Morgan fingerprint density at radius 1 is 1.24 bits per heavy atom. The smallest absolute Gasteiger partial charge is 0.191 e. The lowest BCUT2D eigenvalue weighted by Gasteiger charge is -2.24. The lowest BCUT2D eigenvalue weighted by atomic mass is 10.2. The summed E-state index contributed by atoms with van der Waals surface area (Å²) in [6, 6.07) is 11.7. The van der Waals surface area contributed by atoms with Crippen LogP contribution in [0.15, 0.2) is 35.3 Å². The first kappa shape index (κ1) is 18.1. The fourth-order valence-corrected chi connectivity index (χ4v) is 3.66. The predicted octanol–water partition coefficient (Wildman–Crippen LogP) is 2.16. The minimum absolute atomic E-state index is 0.455. The highest BCUT2D eigenvalue weighted by molar-refractivity contribution is 5.80. The quantitative estimate of drug-likeness (QED) is 0.588. The molecule has 5 nitrogen and oxygen atoms in total. The first-order valence-electron chi connectivity index (χ1n) is 9.68. The van der Waals surface area contributed by atoms with E-state index in [1.807, 2.05) is 0 Å². The maximum Gasteiger partial charge on any atom is 0.191 e. The number of rotatable bonds is 7. The normalized spacial score (nSPS) is 22.3. The van der Waals surface area contributed by atoms with Gasteiger partial charge in [0.25, 0.3) is 0 Å². The second-order valence-electron chi connectivity index (χ2n) is 7.50. The minimum atomic E-state index is 0.455. The zero-order valence-corrected chi connectivity index (χ0v) is 15.9. The molecule has 0 bridgehead atoms. The van der Waals surface area contributed by atoms with Crippen LogP contribution >= 0.6 is 0 Å². The zero-order chi connectivity index (χ0) is 17.6. The van der Waals surface area contributed by atoms with E-state index in [4.69, 9.17) is 4.99 Å². The Bertz CT molecular complexity index is 550. The molecular weight excluding hydrogens is 310 g/mol. The number of anilines is 1. The van der Waals surface area contributed by atoms with Gasteiger partial charge in [-0.15, -0.1) is 0 Å². The topological polar surface area (TPSA) is 42.9 Å². The van der Waals surface area contributed by atoms with Crippen LogP contribution in [0.2, 0.25) is 0 Å². The lowest BCUT2D eigenvalue weighted by molar-refractivity contribution is 0.271. The molecule has 2 N–H and O–H groups in total. The van der Waals surface area contributed by atoms with Gasteiger partial charge in [0.1, 0.15) is 0 Å². The van der Waals surface area contributed by atoms with Crippen LogP contribution in [0.4, 0.5) is 5.69 Å². The fraction of sp³-hybridized carbons (Fsp3) is 0.650. The minimum Gasteiger partial charge on any atom is -0.369 e. The van der Waals surface area contributed by atoms with Crippen molar-refractivity contribution >= 4 is 11.6 Å². The Balaban J connectivity index is 1.55. The first-order valence-corrected chi connectivity index (χ1v) is 9.68. The summed E-state index contributed by atoms with van der Waals surface area (Å²) in [6.45, 7) is 6.04. The highest BCUT2D eigenvalue weighted by Gasteiger charge is 2.32. The van der Waals surface area contributed by atoms with Gasteiger partial charge < -0.3 is 20.4 Å². The summed E-state index contributed by atoms with van der Waals surface area (Å²) >= 11 is 0. The zero-order valence-electron chi connectivity index (χ0n) is 15.9. The van der Waals surface area contributed by atoms with Gasteiger partial charge in [0.15, 0.2) is 5.96 Å². The average Bonchev–Trinajstić information content (AvgIpc) is 3.33. The van der Waals surface area contributed by atoms with Gasteiger partial charge in [0.05, 0.1) is 6.54 Å². The van der Waals surface area contributed by atoms with Crippen LogP contribution in [0.5, 0.6) is 0 Å². The van der Waals surface area contributed by atoms with E-state index < -0.39 is 0 Å². The Hall–Kier alpha value is -1.75. The number of aliphatic imine (C=N–C) groups is 1. The largest absolute Gasteiger partial charge is 0.369 e. The van der Waals surface area contributed by atoms with E-state index >= 15 is 0 Å². The molecular formula is C20H33N5. The molecule has 3 rings (SSSR count). The van der Waals surface area contributed by atoms with Crippen LogP contribution in [-0.2, 0) is 0 Å². The molecule has 1 aliphatic carbocycles. The summed E-state index contributed by atoms with van der Waals surface area (Å²) < 4.78 is 0. The van der Waals surface area contributed by atoms with E-state index in [-0.39, 0.29) is 0 Å². The highest BCUT2D eigenvalue weighted by Crippen LogP contribution is 2.34. The molecule has 1 saturated heterocycles. The molecule has 0 radical (unpaired) electrons. The van der Waals surface area contributed by atoms with Gasteiger partial charge in [-0.25, -0.2) is 0 Å². The van der Waals surface area contributed by atoms with Crippen LogP contribution in [0.25, 0.3) is 0 Å². The van der Waals surface area contributed by atoms with E-state index in [2.05, 4.69) is 71.8 Å². The van der Waals surface area contributed by atoms with E-state index in [9.17, 15) is 0 Å². The van der Waals surface area contributed by atoms with Crippen molar-refractivity contribution in [3.63, 3.8) is 0 Å². The second kappa shape index (κ2) is 8.56. The number of hydrogen-bond acceptors (Lipinski definition) is 3. The van der Waals surface area contributed by atoms with Gasteiger partial charge in [-0.3, -0.25) is 4.99 Å². The average molecular weight is 344 g/mol. The van der Waals surface area contributed by atoms with Crippen molar-refractivity contribution < 1.29 is 0 Å². The second-order valence-corrected chi connectivity index (χ2v) is 7.50. The van der Waals surface area contributed by atoms with Crippen LogP contribution in [-0.4, -0.2) is 63.2 Å². The van der Waals surface area contributed by atoms with Gasteiger partial charge in [0.2, 0.25) is 0 Å². The summed E-state index contributed by atoms with van der Waals surface area (Å²) in [7, 11) is 4.35. The van der Waals surface area contributed by atoms with Crippen LogP contribution in [0.3, 0.4) is 0 Å². The maximum atomic E-state index is 4.89. The van der Waals surface area contributed by atoms with Crippen LogP contribution < -0.4 is 15.5 Å². The summed E-state index contributed by atoms with van der Waals surface area (Å²) in [5.41, 5.74) is 1.31. The van der Waals surface area contributed by atoms with E-state index in [1.165, 1.54) is 18.5 Å². The van der Waals surface area contributed by atoms with Crippen molar-refractivity contribution in [2.24, 2.45) is 10.9 Å². The predicted molar refractivity (Wildman–Crippen MR) is 106 cm³/mol. The number of guanidine groups is 1. The first-order chi connectivity index (χ1) is 12.2. The molecule has 1 aromatic carbocycles. The summed E-state index contributed by atoms with van der Waals surface area (Å²) in [6.07, 6.45) is 3.87. The molecule has 0 amide bonds. The lowest BCUT2D eigenvalue weighted by Crippen LogP contribution is -2.45. The van der Waals surface area contributed by atoms with Gasteiger partial charge in [-0.1, -0.05) is 18.2 Å². The number of nitrogens with zero attached hydrogens (tertiary/aromatic N) is 3. The van der Waals surface area contributed by atoms with Crippen molar-refractivity contribution in [1.29, 1.82) is 0 Å². The molecule has 138 valence electrons. The monoisotopic (exact) mass is 343 g/mol. The third-order valence-electron chi connectivity index (χ3n) is 5.26. The van der Waals surface area contributed by atoms with Crippen molar-refractivity contribution in [1.82, 2.24) is 15.5 Å². The van der Waals surface area contributed by atoms with E-state index in [1.54, 1.807) is 0 Å². The standard InChI is InChI=1S/C20H33N5/c1-4-21-20(22-14-19(24(2)3)16-10-11-16)23-17-12-13-25(15-17)18-8-6-5-7-9-18/h5-9,16-17,19H,4,10-15H2,1-3H3,(H2,21,22,23). The molecule has 0 spiro atoms. The van der Waals surface area contributed by atoms with Gasteiger partial charge in [0, 0.05) is 37.4 Å². The number of nitrogens with one attached hydrogen (secondary N) is 2. The third kappa shape index (κ3) is 5.11. The van der Waals surface area contributed by atoms with E-state index in [0.29, 0.717) is 12.1 Å². The molecule has 1 aliphatic heterocycles. The Morgan fingerprint density at radius 3 is 2.64 bits per heavy atom. The van der Waals surface area contributed by atoms with Crippen LogP contribution in [0, 0.1) is 5.92 Å². The fourth-order valence-electron chi connectivity index (χ4n) is 3.66. The molecule has 2 fully saturated rings. The Kier molecular flexibility index (Phi) is 6.19. The van der Waals surface area contributed by atoms with Crippen molar-refractivity contribution in [2.75, 3.05) is 45.2 Å². The summed E-state index contributed by atoms with van der Waals surface area (Å²) in [5, 5.41) is 7.07. The van der Waals surface area contributed by atoms with Gasteiger partial charge in [-0.05, 0) is 58.3 Å². The van der Waals surface area contributed by atoms with E-state index in [0.717, 1.165) is 44.5 Å². The highest BCUT2D eigenvalue weighted by atomic mass is 15.2. The SMILES string of the molecule is CCNC(=NCC(C1CC1)N(C)C)NC1CCN(c2ccccc2)C1. The molecule has 1 heterocycles. The number of para-hydroxylation sites is 1. The summed E-state index contributed by atoms with van der Waals surface area (Å²) in [4.78, 5) is 9.68.